The first-order valence-corrected chi connectivity index (χ1v) is 21.6. The molecule has 0 spiro atoms. The lowest BCUT2D eigenvalue weighted by molar-refractivity contribution is 1.17. The van der Waals surface area contributed by atoms with Crippen molar-refractivity contribution in [1.29, 1.82) is 0 Å². The number of hydrogen-bond acceptors (Lipinski definition) is 1. The Balaban J connectivity index is 1.35. The highest BCUT2D eigenvalue weighted by Gasteiger charge is 2.42. The molecule has 0 unspecified atom stereocenters. The van der Waals surface area contributed by atoms with Gasteiger partial charge in [-0.2, -0.15) is 0 Å². The van der Waals surface area contributed by atoms with Gasteiger partial charge in [-0.05, 0) is 85.5 Å². The lowest BCUT2D eigenvalue weighted by Gasteiger charge is -2.42. The van der Waals surface area contributed by atoms with Crippen molar-refractivity contribution >= 4 is 115 Å². The van der Waals surface area contributed by atoms with Crippen LogP contribution >= 0.6 is 31.9 Å². The van der Waals surface area contributed by atoms with Crippen LogP contribution < -0.4 is 21.3 Å². The first-order chi connectivity index (χ1) is 29.1. The van der Waals surface area contributed by atoms with Crippen LogP contribution in [0.5, 0.6) is 0 Å². The minimum atomic E-state index is -0.0369. The van der Waals surface area contributed by atoms with Gasteiger partial charge in [-0.15, -0.1) is 0 Å². The van der Waals surface area contributed by atoms with Gasteiger partial charge in [0.1, 0.15) is 0 Å². The first kappa shape index (κ1) is 34.6. The van der Waals surface area contributed by atoms with Gasteiger partial charge in [0.05, 0.1) is 16.7 Å². The van der Waals surface area contributed by atoms with Crippen molar-refractivity contribution in [1.82, 2.24) is 4.57 Å². The highest BCUT2D eigenvalue weighted by atomic mass is 79.9. The zero-order valence-corrected chi connectivity index (χ0v) is 35.0. The maximum Gasteiger partial charge on any atom is 0.252 e. The molecule has 10 aromatic rings. The molecule has 5 heteroatoms. The summed E-state index contributed by atoms with van der Waals surface area (Å²) >= 11 is 7.88. The molecule has 9 aromatic carbocycles. The Morgan fingerprint density at radius 3 is 1.47 bits per heavy atom. The topological polar surface area (TPSA) is 8.17 Å². The summed E-state index contributed by atoms with van der Waals surface area (Å²) in [7, 11) is 0. The summed E-state index contributed by atoms with van der Waals surface area (Å²) in [6, 6.07) is 73.9. The van der Waals surface area contributed by atoms with Crippen LogP contribution in [0.2, 0.25) is 0 Å². The van der Waals surface area contributed by atoms with Crippen LogP contribution in [0.1, 0.15) is 0 Å². The van der Waals surface area contributed by atoms with E-state index in [1.165, 1.54) is 87.9 Å². The van der Waals surface area contributed by atoms with E-state index >= 15 is 0 Å². The molecule has 0 saturated heterocycles. The Morgan fingerprint density at radius 1 is 0.373 bits per heavy atom. The molecule has 0 radical (unpaired) electrons. The number of halogens is 2. The predicted molar refractivity (Wildman–Crippen MR) is 259 cm³/mol. The van der Waals surface area contributed by atoms with Gasteiger partial charge < -0.3 is 9.47 Å². The highest BCUT2D eigenvalue weighted by Crippen LogP contribution is 2.49. The summed E-state index contributed by atoms with van der Waals surface area (Å²) in [5, 5.41) is 7.30. The van der Waals surface area contributed by atoms with Gasteiger partial charge in [0, 0.05) is 47.9 Å². The minimum absolute atomic E-state index is 0.0369. The molecule has 3 heterocycles. The van der Waals surface area contributed by atoms with E-state index in [2.05, 4.69) is 242 Å². The molecule has 0 bridgehead atoms. The molecule has 0 fully saturated rings. The second-order valence-electron chi connectivity index (χ2n) is 15.4. The summed E-state index contributed by atoms with van der Waals surface area (Å²) < 4.78 is 4.66. The van der Waals surface area contributed by atoms with Crippen LogP contribution in [0, 0.1) is 0 Å². The van der Waals surface area contributed by atoms with Crippen molar-refractivity contribution in [3.05, 3.63) is 209 Å². The summed E-state index contributed by atoms with van der Waals surface area (Å²) in [6.07, 6.45) is 0. The van der Waals surface area contributed by atoms with Crippen LogP contribution in [0.3, 0.4) is 0 Å². The lowest BCUT2D eigenvalue weighted by atomic mass is 9.33. The number of aromatic nitrogens is 1. The first-order valence-electron chi connectivity index (χ1n) is 20.0. The van der Waals surface area contributed by atoms with Gasteiger partial charge in [0.2, 0.25) is 0 Å². The second-order valence-corrected chi connectivity index (χ2v) is 17.3. The fraction of sp³-hybridized carbons (Fsp3) is 0. The van der Waals surface area contributed by atoms with Crippen LogP contribution in [0.15, 0.2) is 209 Å². The van der Waals surface area contributed by atoms with Crippen LogP contribution in [0.25, 0.3) is 71.3 Å². The molecule has 59 heavy (non-hydrogen) atoms. The number of benzene rings is 9. The summed E-state index contributed by atoms with van der Waals surface area (Å²) in [6.45, 7) is -0.0369. The van der Waals surface area contributed by atoms with Gasteiger partial charge in [0.25, 0.3) is 6.71 Å². The highest BCUT2D eigenvalue weighted by molar-refractivity contribution is 9.10. The van der Waals surface area contributed by atoms with Gasteiger partial charge in [-0.3, -0.25) is 0 Å². The maximum absolute atomic E-state index is 3.95. The number of anilines is 3. The molecule has 276 valence electrons. The number of nitrogens with zero attached hydrogens (tertiary/aromatic N) is 2. The monoisotopic (exact) mass is 878 g/mol. The molecule has 1 aromatic heterocycles. The molecule has 2 aliphatic rings. The molecule has 12 rings (SSSR count). The lowest BCUT2D eigenvalue weighted by Crippen LogP contribution is -2.60. The largest absolute Gasteiger partial charge is 0.310 e. The molecule has 0 aliphatic carbocycles. The summed E-state index contributed by atoms with van der Waals surface area (Å²) in [5.74, 6) is 0. The third kappa shape index (κ3) is 5.24. The molecule has 2 aliphatic heterocycles. The molecular weight excluding hydrogens is 847 g/mol. The molecule has 0 amide bonds. The van der Waals surface area contributed by atoms with E-state index in [1.807, 2.05) is 0 Å². The van der Waals surface area contributed by atoms with E-state index in [-0.39, 0.29) is 6.71 Å². The zero-order valence-electron chi connectivity index (χ0n) is 31.8. The van der Waals surface area contributed by atoms with Crippen molar-refractivity contribution in [2.75, 3.05) is 4.90 Å². The van der Waals surface area contributed by atoms with Crippen molar-refractivity contribution in [2.24, 2.45) is 0 Å². The average molecular weight is 880 g/mol. The van der Waals surface area contributed by atoms with E-state index in [0.717, 1.165) is 25.8 Å². The molecule has 0 N–H and O–H groups in total. The van der Waals surface area contributed by atoms with E-state index in [4.69, 9.17) is 0 Å². The molecule has 2 nitrogen and oxygen atoms in total. The summed E-state index contributed by atoms with van der Waals surface area (Å²) in [5.41, 5.74) is 15.6. The predicted octanol–water partition coefficient (Wildman–Crippen LogP) is 13.7. The van der Waals surface area contributed by atoms with Crippen molar-refractivity contribution < 1.29 is 0 Å². The molecular formula is C54H33BBr2N2. The van der Waals surface area contributed by atoms with Crippen molar-refractivity contribution in [3.63, 3.8) is 0 Å². The smallest absolute Gasteiger partial charge is 0.252 e. The number of fused-ring (bicyclic) bond motifs is 12. The van der Waals surface area contributed by atoms with E-state index in [0.29, 0.717) is 0 Å². The van der Waals surface area contributed by atoms with Crippen molar-refractivity contribution in [3.8, 4) is 27.9 Å². The van der Waals surface area contributed by atoms with Gasteiger partial charge in [-0.25, -0.2) is 0 Å². The Kier molecular flexibility index (Phi) is 7.98. The van der Waals surface area contributed by atoms with Gasteiger partial charge in [-0.1, -0.05) is 196 Å². The number of para-hydroxylation sites is 2. The fourth-order valence-electron chi connectivity index (χ4n) is 9.95. The van der Waals surface area contributed by atoms with Crippen molar-refractivity contribution in [2.45, 2.75) is 0 Å². The Bertz CT molecular complexity index is 3370. The minimum Gasteiger partial charge on any atom is -0.310 e. The SMILES string of the molecule is Brc1ccc2c(c1)N(c1c(-c3ccccc3)cccc1-c1ccccc1)c1ccc3c4ccccc4c4ccccc4c4ccccc4n4c3c1B2c1ccc(Br)cc1-4. The van der Waals surface area contributed by atoms with E-state index < -0.39 is 0 Å². The van der Waals surface area contributed by atoms with E-state index in [1.54, 1.807) is 0 Å². The van der Waals surface area contributed by atoms with Gasteiger partial charge in [0.15, 0.2) is 0 Å². The Labute approximate surface area is 359 Å². The summed E-state index contributed by atoms with van der Waals surface area (Å²) in [4.78, 5) is 2.57. The van der Waals surface area contributed by atoms with Gasteiger partial charge >= 0.3 is 0 Å². The third-order valence-corrected chi connectivity index (χ3v) is 13.3. The maximum atomic E-state index is 3.95. The normalized spacial score (nSPS) is 12.5. The molecule has 0 saturated carbocycles. The number of rotatable bonds is 3. The van der Waals surface area contributed by atoms with Crippen LogP contribution in [-0.4, -0.2) is 11.3 Å². The standard InChI is InChI=1S/C54H33BBr2N2/c56-36-26-29-46-50(32-36)58-48-25-12-11-22-44(48)42-20-9-7-18-40(42)41-19-8-10-21-43(41)45-28-31-49-52(54(45)58)55(46)47-30-27-37(57)33-51(47)59(49)53-38(34-14-3-1-4-15-34)23-13-24-39(53)35-16-5-2-6-17-35/h1-33H. The van der Waals surface area contributed by atoms with Crippen LogP contribution in [0.4, 0.5) is 17.1 Å². The Morgan fingerprint density at radius 2 is 0.864 bits per heavy atom. The third-order valence-electron chi connectivity index (χ3n) is 12.3. The fourth-order valence-corrected chi connectivity index (χ4v) is 10.7. The van der Waals surface area contributed by atoms with E-state index in [9.17, 15) is 0 Å². The average Bonchev–Trinajstić information content (AvgIpc) is 3.33. The second kappa shape index (κ2) is 13.6. The Hall–Kier alpha value is -6.40. The van der Waals surface area contributed by atoms with Crippen LogP contribution in [-0.2, 0) is 0 Å². The zero-order chi connectivity index (χ0) is 39.2. The quantitative estimate of drug-likeness (QED) is 0.161. The molecule has 0 atom stereocenters. The number of hydrogen-bond donors (Lipinski definition) is 0.